The first-order valence-electron chi connectivity index (χ1n) is 11.1. The fraction of sp³-hybridized carbons (Fsp3) is 0.792. The van der Waals surface area contributed by atoms with Crippen LogP contribution in [0.1, 0.15) is 91.9 Å². The summed E-state index contributed by atoms with van der Waals surface area (Å²) in [6.07, 6.45) is 14.5. The summed E-state index contributed by atoms with van der Waals surface area (Å²) in [5, 5.41) is 10.4. The Hall–Kier alpha value is -1.09. The Balaban J connectivity index is 3.10. The molecule has 27 heavy (non-hydrogen) atoms. The average Bonchev–Trinajstić information content (AvgIpc) is 2.60. The van der Waals surface area contributed by atoms with E-state index in [2.05, 4.69) is 39.8 Å². The first-order valence-corrected chi connectivity index (χ1v) is 11.1. The number of rotatable bonds is 14. The van der Waals surface area contributed by atoms with E-state index in [0.717, 1.165) is 57.3 Å². The summed E-state index contributed by atoms with van der Waals surface area (Å²) in [5.41, 5.74) is 1.78. The molecule has 0 aromatic heterocycles. The minimum absolute atomic E-state index is 0.0561. The minimum atomic E-state index is -0.764. The molecule has 1 rings (SSSR count). The third-order valence-electron chi connectivity index (χ3n) is 5.84. The molecule has 0 aromatic carbocycles. The maximum Gasteiger partial charge on any atom is 0.314 e. The summed E-state index contributed by atoms with van der Waals surface area (Å²) < 4.78 is 5.35. The lowest BCUT2D eigenvalue weighted by Gasteiger charge is -2.40. The van der Waals surface area contributed by atoms with Crippen LogP contribution in [-0.4, -0.2) is 24.8 Å². The average molecular weight is 379 g/mol. The SMILES string of the molecule is CCCC1=CC(CCCCCC(C)C)(C(=O)O)C(CCOC)C(CCC)=C1. The van der Waals surface area contributed by atoms with E-state index in [-0.39, 0.29) is 5.92 Å². The van der Waals surface area contributed by atoms with Gasteiger partial charge in [0.05, 0.1) is 5.41 Å². The number of carboxylic acids is 1. The Morgan fingerprint density at radius 1 is 1.19 bits per heavy atom. The summed E-state index contributed by atoms with van der Waals surface area (Å²) in [5.74, 6) is 0.126. The van der Waals surface area contributed by atoms with Crippen LogP contribution in [-0.2, 0) is 9.53 Å². The van der Waals surface area contributed by atoms with Crippen LogP contribution in [0.5, 0.6) is 0 Å². The maximum atomic E-state index is 12.6. The summed E-state index contributed by atoms with van der Waals surface area (Å²) in [6.45, 7) is 9.47. The molecule has 0 saturated heterocycles. The van der Waals surface area contributed by atoms with Crippen molar-refractivity contribution in [2.75, 3.05) is 13.7 Å². The second kappa shape index (κ2) is 12.4. The summed E-state index contributed by atoms with van der Waals surface area (Å²) in [7, 11) is 1.71. The molecule has 2 unspecified atom stereocenters. The first kappa shape index (κ1) is 23.9. The quantitative estimate of drug-likeness (QED) is 0.339. The molecule has 3 nitrogen and oxygen atoms in total. The van der Waals surface area contributed by atoms with Crippen molar-refractivity contribution < 1.29 is 14.6 Å². The van der Waals surface area contributed by atoms with Gasteiger partial charge >= 0.3 is 5.97 Å². The van der Waals surface area contributed by atoms with E-state index in [4.69, 9.17) is 4.74 Å². The third kappa shape index (κ3) is 7.10. The van der Waals surface area contributed by atoms with Gasteiger partial charge in [0.2, 0.25) is 0 Å². The van der Waals surface area contributed by atoms with Crippen molar-refractivity contribution >= 4 is 5.97 Å². The number of methoxy groups -OCH3 is 1. The van der Waals surface area contributed by atoms with Gasteiger partial charge in [0.25, 0.3) is 0 Å². The molecule has 0 saturated carbocycles. The monoisotopic (exact) mass is 378 g/mol. The molecule has 0 aliphatic heterocycles. The van der Waals surface area contributed by atoms with E-state index < -0.39 is 11.4 Å². The van der Waals surface area contributed by atoms with Gasteiger partial charge in [-0.05, 0) is 31.6 Å². The molecule has 156 valence electrons. The van der Waals surface area contributed by atoms with E-state index in [1.165, 1.54) is 24.0 Å². The van der Waals surface area contributed by atoms with Crippen molar-refractivity contribution in [1.82, 2.24) is 0 Å². The number of carbonyl (C=O) groups is 1. The Morgan fingerprint density at radius 2 is 1.89 bits per heavy atom. The van der Waals surface area contributed by atoms with Crippen molar-refractivity contribution in [3.63, 3.8) is 0 Å². The standard InChI is InChI=1S/C24H42O3/c1-6-11-20-17-21(12-7-2)22(14-16-27-5)24(18-20,23(25)26)15-10-8-9-13-19(3)4/h17-19,22H,6-16H2,1-5H3,(H,25,26). The highest BCUT2D eigenvalue weighted by Crippen LogP contribution is 2.47. The van der Waals surface area contributed by atoms with E-state index in [1.807, 2.05) is 0 Å². The van der Waals surface area contributed by atoms with Gasteiger partial charge in [0, 0.05) is 19.6 Å². The molecule has 2 atom stereocenters. The second-order valence-corrected chi connectivity index (χ2v) is 8.61. The molecule has 3 heteroatoms. The molecule has 1 aliphatic rings. The number of unbranched alkanes of at least 4 members (excludes halogenated alkanes) is 2. The molecule has 0 radical (unpaired) electrons. The van der Waals surface area contributed by atoms with Crippen molar-refractivity contribution in [2.24, 2.45) is 17.3 Å². The van der Waals surface area contributed by atoms with Gasteiger partial charge < -0.3 is 9.84 Å². The van der Waals surface area contributed by atoms with Crippen LogP contribution in [0.3, 0.4) is 0 Å². The minimum Gasteiger partial charge on any atom is -0.481 e. The lowest BCUT2D eigenvalue weighted by atomic mass is 9.63. The molecule has 0 heterocycles. The Labute approximate surface area is 167 Å². The van der Waals surface area contributed by atoms with Crippen molar-refractivity contribution in [2.45, 2.75) is 91.9 Å². The van der Waals surface area contributed by atoms with E-state index in [9.17, 15) is 9.90 Å². The van der Waals surface area contributed by atoms with Crippen LogP contribution in [0, 0.1) is 17.3 Å². The fourth-order valence-electron chi connectivity index (χ4n) is 4.50. The summed E-state index contributed by atoms with van der Waals surface area (Å²) >= 11 is 0. The highest BCUT2D eigenvalue weighted by molar-refractivity contribution is 5.79. The number of carboxylic acid groups (broad SMARTS) is 1. The molecule has 0 aromatic rings. The molecule has 1 aliphatic carbocycles. The van der Waals surface area contributed by atoms with Crippen LogP contribution >= 0.6 is 0 Å². The Kier molecular flexibility index (Phi) is 11.0. The Bertz CT molecular complexity index is 504. The fourth-order valence-corrected chi connectivity index (χ4v) is 4.50. The molecule has 0 spiro atoms. The van der Waals surface area contributed by atoms with Gasteiger partial charge in [-0.3, -0.25) is 4.79 Å². The number of ether oxygens (including phenoxy) is 1. The molecule has 0 amide bonds. The van der Waals surface area contributed by atoms with Gasteiger partial charge in [0.15, 0.2) is 0 Å². The lowest BCUT2D eigenvalue weighted by molar-refractivity contribution is -0.149. The summed E-state index contributed by atoms with van der Waals surface area (Å²) in [4.78, 5) is 12.6. The highest BCUT2D eigenvalue weighted by Gasteiger charge is 2.46. The first-order chi connectivity index (χ1) is 12.9. The number of hydrogen-bond acceptors (Lipinski definition) is 2. The van der Waals surface area contributed by atoms with Crippen LogP contribution in [0.25, 0.3) is 0 Å². The smallest absolute Gasteiger partial charge is 0.314 e. The van der Waals surface area contributed by atoms with Crippen LogP contribution in [0.15, 0.2) is 23.3 Å². The van der Waals surface area contributed by atoms with Gasteiger partial charge in [-0.15, -0.1) is 0 Å². The van der Waals surface area contributed by atoms with Crippen molar-refractivity contribution in [1.29, 1.82) is 0 Å². The molecule has 1 N–H and O–H groups in total. The predicted molar refractivity (Wildman–Crippen MR) is 114 cm³/mol. The normalized spacial score (nSPS) is 22.7. The topological polar surface area (TPSA) is 46.5 Å². The van der Waals surface area contributed by atoms with Crippen LogP contribution in [0.4, 0.5) is 0 Å². The van der Waals surface area contributed by atoms with Crippen LogP contribution < -0.4 is 0 Å². The van der Waals surface area contributed by atoms with Gasteiger partial charge in [0.1, 0.15) is 0 Å². The number of aliphatic carboxylic acids is 1. The number of allylic oxidation sites excluding steroid dienone is 3. The molecular formula is C24H42O3. The molecular weight excluding hydrogens is 336 g/mol. The van der Waals surface area contributed by atoms with E-state index in [1.54, 1.807) is 7.11 Å². The number of hydrogen-bond donors (Lipinski definition) is 1. The zero-order chi connectivity index (χ0) is 20.3. The van der Waals surface area contributed by atoms with E-state index in [0.29, 0.717) is 6.61 Å². The maximum absolute atomic E-state index is 12.6. The van der Waals surface area contributed by atoms with Crippen LogP contribution in [0.2, 0.25) is 0 Å². The van der Waals surface area contributed by atoms with Gasteiger partial charge in [-0.2, -0.15) is 0 Å². The second-order valence-electron chi connectivity index (χ2n) is 8.61. The lowest BCUT2D eigenvalue weighted by Crippen LogP contribution is -2.41. The highest BCUT2D eigenvalue weighted by atomic mass is 16.5. The molecule has 0 fully saturated rings. The Morgan fingerprint density at radius 3 is 2.44 bits per heavy atom. The van der Waals surface area contributed by atoms with Gasteiger partial charge in [-0.25, -0.2) is 0 Å². The molecule has 0 bridgehead atoms. The zero-order valence-corrected chi connectivity index (χ0v) is 18.4. The van der Waals surface area contributed by atoms with Gasteiger partial charge in [-0.1, -0.05) is 89.5 Å². The zero-order valence-electron chi connectivity index (χ0n) is 18.4. The third-order valence-corrected chi connectivity index (χ3v) is 5.84. The summed E-state index contributed by atoms with van der Waals surface area (Å²) in [6, 6.07) is 0. The largest absolute Gasteiger partial charge is 0.481 e. The van der Waals surface area contributed by atoms with E-state index >= 15 is 0 Å². The van der Waals surface area contributed by atoms with Crippen molar-refractivity contribution in [3.8, 4) is 0 Å². The predicted octanol–water partition coefficient (Wildman–Crippen LogP) is 6.78. The van der Waals surface area contributed by atoms with Crippen molar-refractivity contribution in [3.05, 3.63) is 23.3 Å².